The summed E-state index contributed by atoms with van der Waals surface area (Å²) in [4.78, 5) is 27.9. The average molecular weight is 294 g/mol. The molecule has 0 saturated heterocycles. The van der Waals surface area contributed by atoms with E-state index in [0.717, 1.165) is 16.9 Å². The predicted molar refractivity (Wildman–Crippen MR) is 71.3 cm³/mol. The van der Waals surface area contributed by atoms with Gasteiger partial charge in [-0.2, -0.15) is 0 Å². The van der Waals surface area contributed by atoms with Crippen molar-refractivity contribution >= 4 is 23.2 Å². The number of aromatic carboxylic acids is 1. The van der Waals surface area contributed by atoms with Gasteiger partial charge in [-0.15, -0.1) is 11.3 Å². The molecular formula is C13H11FN2O3S. The Morgan fingerprint density at radius 3 is 2.55 bits per heavy atom. The first kappa shape index (κ1) is 14.1. The number of carboxylic acid groups (broad SMARTS) is 1. The zero-order valence-electron chi connectivity index (χ0n) is 10.5. The highest BCUT2D eigenvalue weighted by molar-refractivity contribution is 7.11. The third kappa shape index (κ3) is 3.18. The van der Waals surface area contributed by atoms with Gasteiger partial charge < -0.3 is 10.0 Å². The minimum atomic E-state index is -1.17. The summed E-state index contributed by atoms with van der Waals surface area (Å²) in [7, 11) is 1.58. The number of carboxylic acids is 1. The molecule has 0 fully saturated rings. The van der Waals surface area contributed by atoms with Crippen LogP contribution in [0.25, 0.3) is 0 Å². The largest absolute Gasteiger partial charge is 0.476 e. The Labute approximate surface area is 118 Å². The molecule has 0 saturated carbocycles. The first-order chi connectivity index (χ1) is 9.47. The van der Waals surface area contributed by atoms with Crippen LogP contribution in [-0.2, 0) is 6.54 Å². The molecule has 0 aliphatic carbocycles. The van der Waals surface area contributed by atoms with Crippen LogP contribution in [0.3, 0.4) is 0 Å². The maximum atomic E-state index is 12.8. The highest BCUT2D eigenvalue weighted by atomic mass is 32.1. The molecule has 0 atom stereocenters. The first-order valence-corrected chi connectivity index (χ1v) is 6.54. The SMILES string of the molecule is CN(Cc1ccc(F)cc1)C(=O)c1nc(C(=O)O)cs1. The van der Waals surface area contributed by atoms with Gasteiger partial charge in [0.25, 0.3) is 5.91 Å². The van der Waals surface area contributed by atoms with Crippen LogP contribution in [0.2, 0.25) is 0 Å². The van der Waals surface area contributed by atoms with Gasteiger partial charge in [0.2, 0.25) is 0 Å². The smallest absolute Gasteiger partial charge is 0.355 e. The molecule has 7 heteroatoms. The van der Waals surface area contributed by atoms with E-state index in [4.69, 9.17) is 5.11 Å². The summed E-state index contributed by atoms with van der Waals surface area (Å²) < 4.78 is 12.8. The number of carbonyl (C=O) groups excluding carboxylic acids is 1. The third-order valence-electron chi connectivity index (χ3n) is 2.59. The van der Waals surface area contributed by atoms with Crippen LogP contribution >= 0.6 is 11.3 Å². The molecule has 1 aromatic heterocycles. The standard InChI is InChI=1S/C13H11FN2O3S/c1-16(6-8-2-4-9(14)5-3-8)12(17)11-15-10(7-20-11)13(18)19/h2-5,7H,6H2,1H3,(H,18,19). The Morgan fingerprint density at radius 2 is 2.00 bits per heavy atom. The van der Waals surface area contributed by atoms with Crippen molar-refractivity contribution in [3.05, 3.63) is 51.7 Å². The number of thiazole rings is 1. The van der Waals surface area contributed by atoms with Crippen LogP contribution < -0.4 is 0 Å². The summed E-state index contributed by atoms with van der Waals surface area (Å²) in [6.45, 7) is 0.293. The van der Waals surface area contributed by atoms with Crippen LogP contribution in [-0.4, -0.2) is 33.9 Å². The lowest BCUT2D eigenvalue weighted by atomic mass is 10.2. The van der Waals surface area contributed by atoms with Gasteiger partial charge in [-0.3, -0.25) is 4.79 Å². The van der Waals surface area contributed by atoms with Crippen molar-refractivity contribution in [3.8, 4) is 0 Å². The van der Waals surface area contributed by atoms with Gasteiger partial charge in [-0.1, -0.05) is 12.1 Å². The van der Waals surface area contributed by atoms with Crippen LogP contribution in [0, 0.1) is 5.82 Å². The van der Waals surface area contributed by atoms with Crippen molar-refractivity contribution in [2.45, 2.75) is 6.54 Å². The molecule has 0 aliphatic heterocycles. The van der Waals surface area contributed by atoms with Crippen LogP contribution in [0.1, 0.15) is 25.9 Å². The van der Waals surface area contributed by atoms with Crippen LogP contribution in [0.4, 0.5) is 4.39 Å². The summed E-state index contributed by atoms with van der Waals surface area (Å²) in [5.41, 5.74) is 0.630. The summed E-state index contributed by atoms with van der Waals surface area (Å²) in [5.74, 6) is -1.87. The second kappa shape index (κ2) is 5.79. The maximum absolute atomic E-state index is 12.8. The monoisotopic (exact) mass is 294 g/mol. The Hall–Kier alpha value is -2.28. The maximum Gasteiger partial charge on any atom is 0.355 e. The first-order valence-electron chi connectivity index (χ1n) is 5.66. The van der Waals surface area contributed by atoms with Gasteiger partial charge in [-0.05, 0) is 17.7 Å². The van der Waals surface area contributed by atoms with E-state index in [9.17, 15) is 14.0 Å². The number of carbonyl (C=O) groups is 2. The summed E-state index contributed by atoms with van der Waals surface area (Å²) in [5, 5.41) is 10.2. The number of halogens is 1. The Morgan fingerprint density at radius 1 is 1.35 bits per heavy atom. The number of amides is 1. The molecule has 20 heavy (non-hydrogen) atoms. The van der Waals surface area contributed by atoms with E-state index in [1.54, 1.807) is 19.2 Å². The Balaban J connectivity index is 2.07. The molecule has 0 radical (unpaired) electrons. The van der Waals surface area contributed by atoms with Crippen molar-refractivity contribution in [1.29, 1.82) is 0 Å². The molecule has 2 rings (SSSR count). The fourth-order valence-electron chi connectivity index (χ4n) is 1.57. The lowest BCUT2D eigenvalue weighted by molar-refractivity contribution is 0.0691. The minimum absolute atomic E-state index is 0.118. The highest BCUT2D eigenvalue weighted by Gasteiger charge is 2.18. The second-order valence-electron chi connectivity index (χ2n) is 4.13. The molecule has 1 amide bonds. The van der Waals surface area contributed by atoms with Crippen molar-refractivity contribution < 1.29 is 19.1 Å². The molecule has 0 bridgehead atoms. The summed E-state index contributed by atoms with van der Waals surface area (Å²) in [6, 6.07) is 5.81. The molecule has 104 valence electrons. The van der Waals surface area contributed by atoms with Gasteiger partial charge in [0.15, 0.2) is 10.7 Å². The Bertz CT molecular complexity index is 639. The highest BCUT2D eigenvalue weighted by Crippen LogP contribution is 2.14. The van der Waals surface area contributed by atoms with Crippen molar-refractivity contribution in [3.63, 3.8) is 0 Å². The number of aromatic nitrogens is 1. The van der Waals surface area contributed by atoms with E-state index in [0.29, 0.717) is 6.54 Å². The molecule has 1 aromatic carbocycles. The Kier molecular flexibility index (Phi) is 4.09. The molecule has 1 heterocycles. The van der Waals surface area contributed by atoms with Crippen LogP contribution in [0.5, 0.6) is 0 Å². The van der Waals surface area contributed by atoms with Crippen LogP contribution in [0.15, 0.2) is 29.6 Å². The summed E-state index contributed by atoms with van der Waals surface area (Å²) in [6.07, 6.45) is 0. The van der Waals surface area contributed by atoms with Gasteiger partial charge >= 0.3 is 5.97 Å². The van der Waals surface area contributed by atoms with Gasteiger partial charge in [-0.25, -0.2) is 14.2 Å². The van der Waals surface area contributed by atoms with E-state index in [-0.39, 0.29) is 22.4 Å². The lowest BCUT2D eigenvalue weighted by Gasteiger charge is -2.15. The van der Waals surface area contributed by atoms with E-state index < -0.39 is 5.97 Å². The minimum Gasteiger partial charge on any atom is -0.476 e. The molecule has 0 spiro atoms. The van der Waals surface area contributed by atoms with Gasteiger partial charge in [0, 0.05) is 19.0 Å². The molecule has 2 aromatic rings. The zero-order chi connectivity index (χ0) is 14.7. The predicted octanol–water partition coefficient (Wildman–Crippen LogP) is 2.25. The van der Waals surface area contributed by atoms with Crippen molar-refractivity contribution in [2.75, 3.05) is 7.05 Å². The number of nitrogens with zero attached hydrogens (tertiary/aromatic N) is 2. The van der Waals surface area contributed by atoms with Crippen molar-refractivity contribution in [1.82, 2.24) is 9.88 Å². The lowest BCUT2D eigenvalue weighted by Crippen LogP contribution is -2.26. The molecular weight excluding hydrogens is 283 g/mol. The van der Waals surface area contributed by atoms with Crippen molar-refractivity contribution in [2.24, 2.45) is 0 Å². The number of hydrogen-bond acceptors (Lipinski definition) is 4. The fraction of sp³-hybridized carbons (Fsp3) is 0.154. The topological polar surface area (TPSA) is 70.5 Å². The third-order valence-corrected chi connectivity index (χ3v) is 3.42. The molecule has 5 nitrogen and oxygen atoms in total. The van der Waals surface area contributed by atoms with Gasteiger partial charge in [0.05, 0.1) is 0 Å². The van der Waals surface area contributed by atoms with E-state index in [1.165, 1.54) is 22.4 Å². The zero-order valence-corrected chi connectivity index (χ0v) is 11.4. The second-order valence-corrected chi connectivity index (χ2v) is 4.99. The number of rotatable bonds is 4. The fourth-order valence-corrected chi connectivity index (χ4v) is 2.35. The molecule has 0 unspecified atom stereocenters. The van der Waals surface area contributed by atoms with E-state index in [2.05, 4.69) is 4.98 Å². The quantitative estimate of drug-likeness (QED) is 0.939. The van der Waals surface area contributed by atoms with E-state index in [1.807, 2.05) is 0 Å². The van der Waals surface area contributed by atoms with E-state index >= 15 is 0 Å². The molecule has 0 aliphatic rings. The average Bonchev–Trinajstić information content (AvgIpc) is 2.90. The summed E-state index contributed by atoms with van der Waals surface area (Å²) >= 11 is 0.984. The normalized spacial score (nSPS) is 10.3. The molecule has 1 N–H and O–H groups in total. The van der Waals surface area contributed by atoms with Gasteiger partial charge in [0.1, 0.15) is 5.82 Å². The number of benzene rings is 1. The number of hydrogen-bond donors (Lipinski definition) is 1.